The third kappa shape index (κ3) is 1.66. The van der Waals surface area contributed by atoms with Crippen molar-refractivity contribution >= 4 is 0 Å². The zero-order valence-corrected chi connectivity index (χ0v) is 5.15. The van der Waals surface area contributed by atoms with Crippen LogP contribution in [0, 0.1) is 0 Å². The van der Waals surface area contributed by atoms with Gasteiger partial charge in [0.1, 0.15) is 0 Å². The highest BCUT2D eigenvalue weighted by molar-refractivity contribution is 4.94. The minimum Gasteiger partial charge on any atom is -0.381 e. The molecule has 1 rings (SSSR count). The molecule has 1 fully saturated rings. The first-order valence-corrected chi connectivity index (χ1v) is 3.14. The summed E-state index contributed by atoms with van der Waals surface area (Å²) < 4.78 is 5.20. The summed E-state index contributed by atoms with van der Waals surface area (Å²) in [5.74, 6) is 0. The fourth-order valence-electron chi connectivity index (χ4n) is 0.868. The SMILES string of the molecule is C=C1CCCOCC1. The molecule has 1 aliphatic rings. The third-order valence-electron chi connectivity index (χ3n) is 1.42. The Bertz CT molecular complexity index is 76.4. The zero-order valence-electron chi connectivity index (χ0n) is 5.15. The van der Waals surface area contributed by atoms with Crippen molar-refractivity contribution in [2.75, 3.05) is 13.2 Å². The summed E-state index contributed by atoms with van der Waals surface area (Å²) in [7, 11) is 0. The predicted molar refractivity (Wildman–Crippen MR) is 33.8 cm³/mol. The van der Waals surface area contributed by atoms with E-state index in [9.17, 15) is 0 Å². The minimum atomic E-state index is 0.888. The first kappa shape index (κ1) is 5.83. The summed E-state index contributed by atoms with van der Waals surface area (Å²) >= 11 is 0. The topological polar surface area (TPSA) is 9.23 Å². The van der Waals surface area contributed by atoms with Crippen LogP contribution in [-0.2, 0) is 4.74 Å². The van der Waals surface area contributed by atoms with E-state index in [1.165, 1.54) is 18.4 Å². The van der Waals surface area contributed by atoms with Crippen molar-refractivity contribution in [1.29, 1.82) is 0 Å². The largest absolute Gasteiger partial charge is 0.381 e. The molecule has 0 aromatic carbocycles. The van der Waals surface area contributed by atoms with Gasteiger partial charge >= 0.3 is 0 Å². The van der Waals surface area contributed by atoms with Gasteiger partial charge in [0.2, 0.25) is 0 Å². The van der Waals surface area contributed by atoms with Crippen LogP contribution in [0.2, 0.25) is 0 Å². The molecule has 0 unspecified atom stereocenters. The highest BCUT2D eigenvalue weighted by Gasteiger charge is 1.99. The van der Waals surface area contributed by atoms with E-state index in [1.807, 2.05) is 0 Å². The summed E-state index contributed by atoms with van der Waals surface area (Å²) in [4.78, 5) is 0. The average Bonchev–Trinajstić information content (AvgIpc) is 1.94. The summed E-state index contributed by atoms with van der Waals surface area (Å²) in [6.45, 7) is 5.71. The predicted octanol–water partition coefficient (Wildman–Crippen LogP) is 1.74. The Morgan fingerprint density at radius 3 is 3.00 bits per heavy atom. The summed E-state index contributed by atoms with van der Waals surface area (Å²) in [6, 6.07) is 0. The number of ether oxygens (including phenoxy) is 1. The molecule has 0 aromatic rings. The van der Waals surface area contributed by atoms with E-state index >= 15 is 0 Å². The molecule has 0 saturated carbocycles. The third-order valence-corrected chi connectivity index (χ3v) is 1.42. The van der Waals surface area contributed by atoms with Gasteiger partial charge in [0, 0.05) is 6.61 Å². The van der Waals surface area contributed by atoms with E-state index in [2.05, 4.69) is 6.58 Å². The number of hydrogen-bond donors (Lipinski definition) is 0. The maximum Gasteiger partial charge on any atom is 0.0503 e. The minimum absolute atomic E-state index is 0.888. The lowest BCUT2D eigenvalue weighted by atomic mass is 10.1. The first-order valence-electron chi connectivity index (χ1n) is 3.14. The van der Waals surface area contributed by atoms with Gasteiger partial charge in [-0.05, 0) is 19.3 Å². The second kappa shape index (κ2) is 2.88. The van der Waals surface area contributed by atoms with Gasteiger partial charge < -0.3 is 4.74 Å². The lowest BCUT2D eigenvalue weighted by Crippen LogP contribution is -1.89. The van der Waals surface area contributed by atoms with Crippen LogP contribution in [0.4, 0.5) is 0 Å². The van der Waals surface area contributed by atoms with Crippen LogP contribution in [-0.4, -0.2) is 13.2 Å². The normalized spacial score (nSPS) is 22.8. The van der Waals surface area contributed by atoms with Crippen molar-refractivity contribution in [3.8, 4) is 0 Å². The van der Waals surface area contributed by atoms with E-state index in [-0.39, 0.29) is 0 Å². The molecule has 0 aromatic heterocycles. The van der Waals surface area contributed by atoms with Crippen LogP contribution < -0.4 is 0 Å². The van der Waals surface area contributed by atoms with E-state index in [0.717, 1.165) is 19.6 Å². The summed E-state index contributed by atoms with van der Waals surface area (Å²) in [6.07, 6.45) is 3.40. The molecule has 46 valence electrons. The summed E-state index contributed by atoms with van der Waals surface area (Å²) in [5.41, 5.74) is 1.35. The van der Waals surface area contributed by atoms with Crippen LogP contribution in [0.3, 0.4) is 0 Å². The highest BCUT2D eigenvalue weighted by Crippen LogP contribution is 2.10. The van der Waals surface area contributed by atoms with Gasteiger partial charge in [-0.15, -0.1) is 0 Å². The molecule has 1 aliphatic heterocycles. The van der Waals surface area contributed by atoms with Crippen molar-refractivity contribution < 1.29 is 4.74 Å². The molecular formula is C7H12O. The Morgan fingerprint density at radius 2 is 2.12 bits per heavy atom. The Labute approximate surface area is 50.3 Å². The van der Waals surface area contributed by atoms with Crippen LogP contribution in [0.1, 0.15) is 19.3 Å². The van der Waals surface area contributed by atoms with Crippen molar-refractivity contribution in [2.24, 2.45) is 0 Å². The standard InChI is InChI=1S/C7H12O/c1-7-3-2-5-8-6-4-7/h1-6H2. The molecule has 1 saturated heterocycles. The number of rotatable bonds is 0. The van der Waals surface area contributed by atoms with E-state index in [1.54, 1.807) is 0 Å². The van der Waals surface area contributed by atoms with Crippen LogP contribution in [0.25, 0.3) is 0 Å². The molecule has 1 heteroatoms. The van der Waals surface area contributed by atoms with Gasteiger partial charge in [0.05, 0.1) is 6.61 Å². The van der Waals surface area contributed by atoms with Crippen molar-refractivity contribution in [3.05, 3.63) is 12.2 Å². The van der Waals surface area contributed by atoms with E-state index in [0.29, 0.717) is 0 Å². The molecular weight excluding hydrogens is 100 g/mol. The molecule has 8 heavy (non-hydrogen) atoms. The quantitative estimate of drug-likeness (QED) is 0.434. The van der Waals surface area contributed by atoms with E-state index < -0.39 is 0 Å². The second-order valence-corrected chi connectivity index (χ2v) is 2.22. The van der Waals surface area contributed by atoms with Crippen molar-refractivity contribution in [2.45, 2.75) is 19.3 Å². The molecule has 0 N–H and O–H groups in total. The summed E-state index contributed by atoms with van der Waals surface area (Å²) in [5, 5.41) is 0. The lowest BCUT2D eigenvalue weighted by Gasteiger charge is -1.93. The monoisotopic (exact) mass is 112 g/mol. The fraction of sp³-hybridized carbons (Fsp3) is 0.714. The molecule has 0 bridgehead atoms. The van der Waals surface area contributed by atoms with Crippen LogP contribution in [0.15, 0.2) is 12.2 Å². The van der Waals surface area contributed by atoms with E-state index in [4.69, 9.17) is 4.74 Å². The number of hydrogen-bond acceptors (Lipinski definition) is 1. The highest BCUT2D eigenvalue weighted by atomic mass is 16.5. The smallest absolute Gasteiger partial charge is 0.0503 e. The van der Waals surface area contributed by atoms with Gasteiger partial charge in [-0.1, -0.05) is 12.2 Å². The molecule has 0 spiro atoms. The Morgan fingerprint density at radius 1 is 1.25 bits per heavy atom. The molecule has 1 nitrogen and oxygen atoms in total. The maximum absolute atomic E-state index is 5.20. The molecule has 0 radical (unpaired) electrons. The fourth-order valence-corrected chi connectivity index (χ4v) is 0.868. The first-order chi connectivity index (χ1) is 3.89. The van der Waals surface area contributed by atoms with Gasteiger partial charge in [0.25, 0.3) is 0 Å². The van der Waals surface area contributed by atoms with Crippen LogP contribution in [0.5, 0.6) is 0 Å². The second-order valence-electron chi connectivity index (χ2n) is 2.22. The molecule has 0 atom stereocenters. The Hall–Kier alpha value is -0.300. The van der Waals surface area contributed by atoms with Gasteiger partial charge in [-0.25, -0.2) is 0 Å². The average molecular weight is 112 g/mol. The molecule has 1 heterocycles. The maximum atomic E-state index is 5.20. The van der Waals surface area contributed by atoms with Crippen molar-refractivity contribution in [1.82, 2.24) is 0 Å². The Balaban J connectivity index is 2.27. The van der Waals surface area contributed by atoms with Gasteiger partial charge in [0.15, 0.2) is 0 Å². The Kier molecular flexibility index (Phi) is 2.10. The molecule has 0 amide bonds. The lowest BCUT2D eigenvalue weighted by molar-refractivity contribution is 0.146. The molecule has 0 aliphatic carbocycles. The van der Waals surface area contributed by atoms with Crippen molar-refractivity contribution in [3.63, 3.8) is 0 Å². The van der Waals surface area contributed by atoms with Gasteiger partial charge in [-0.3, -0.25) is 0 Å². The van der Waals surface area contributed by atoms with Crippen LogP contribution >= 0.6 is 0 Å². The van der Waals surface area contributed by atoms with Gasteiger partial charge in [-0.2, -0.15) is 0 Å². The zero-order chi connectivity index (χ0) is 5.82.